The van der Waals surface area contributed by atoms with Gasteiger partial charge in [-0.1, -0.05) is 46.3 Å². The van der Waals surface area contributed by atoms with E-state index in [4.69, 9.17) is 16.3 Å². The molecular weight excluding hydrogens is 312 g/mol. The third-order valence-electron chi connectivity index (χ3n) is 2.80. The van der Waals surface area contributed by atoms with Crippen LogP contribution in [-0.2, 0) is 6.42 Å². The minimum atomic E-state index is -0.0723. The monoisotopic (exact) mass is 324 g/mol. The predicted molar refractivity (Wildman–Crippen MR) is 79.4 cm³/mol. The first kappa shape index (κ1) is 13.4. The molecule has 0 aromatic heterocycles. The molecule has 1 nitrogen and oxygen atoms in total. The molecule has 2 aromatic rings. The van der Waals surface area contributed by atoms with Gasteiger partial charge in [-0.15, -0.1) is 11.6 Å². The van der Waals surface area contributed by atoms with Gasteiger partial charge < -0.3 is 4.74 Å². The van der Waals surface area contributed by atoms with Crippen LogP contribution >= 0.6 is 27.5 Å². The second-order valence-corrected chi connectivity index (χ2v) is 5.43. The van der Waals surface area contributed by atoms with Gasteiger partial charge in [0.25, 0.3) is 0 Å². The molecule has 0 aliphatic carbocycles. The Morgan fingerprint density at radius 1 is 1.17 bits per heavy atom. The maximum Gasteiger partial charge on any atom is 0.119 e. The minimum absolute atomic E-state index is 0.0723. The van der Waals surface area contributed by atoms with Gasteiger partial charge in [-0.2, -0.15) is 0 Å². The lowest BCUT2D eigenvalue weighted by Crippen LogP contribution is -1.98. The summed E-state index contributed by atoms with van der Waals surface area (Å²) in [5.74, 6) is 0.826. The van der Waals surface area contributed by atoms with E-state index in [0.717, 1.165) is 22.2 Å². The summed E-state index contributed by atoms with van der Waals surface area (Å²) in [7, 11) is 1.66. The van der Waals surface area contributed by atoms with Gasteiger partial charge in [0.15, 0.2) is 0 Å². The molecule has 1 unspecified atom stereocenters. The fourth-order valence-electron chi connectivity index (χ4n) is 1.82. The highest BCUT2D eigenvalue weighted by molar-refractivity contribution is 9.10. The van der Waals surface area contributed by atoms with Crippen LogP contribution in [0, 0.1) is 0 Å². The van der Waals surface area contributed by atoms with E-state index in [1.54, 1.807) is 7.11 Å². The average Bonchev–Trinajstić information content (AvgIpc) is 2.40. The largest absolute Gasteiger partial charge is 0.497 e. The zero-order valence-corrected chi connectivity index (χ0v) is 12.4. The number of rotatable bonds is 4. The van der Waals surface area contributed by atoms with Crippen molar-refractivity contribution in [3.05, 3.63) is 64.1 Å². The number of benzene rings is 2. The lowest BCUT2D eigenvalue weighted by molar-refractivity contribution is 0.414. The number of hydrogen-bond donors (Lipinski definition) is 0. The fourth-order valence-corrected chi connectivity index (χ4v) is 2.83. The van der Waals surface area contributed by atoms with Gasteiger partial charge in [-0.25, -0.2) is 0 Å². The molecule has 0 heterocycles. The van der Waals surface area contributed by atoms with E-state index >= 15 is 0 Å². The lowest BCUT2D eigenvalue weighted by atomic mass is 10.0. The molecule has 94 valence electrons. The molecule has 0 saturated heterocycles. The molecule has 1 atom stereocenters. The van der Waals surface area contributed by atoms with E-state index in [1.807, 2.05) is 36.4 Å². The quantitative estimate of drug-likeness (QED) is 0.720. The molecule has 0 radical (unpaired) electrons. The van der Waals surface area contributed by atoms with Crippen LogP contribution in [0.15, 0.2) is 53.0 Å². The summed E-state index contributed by atoms with van der Waals surface area (Å²) in [6, 6.07) is 16.1. The summed E-state index contributed by atoms with van der Waals surface area (Å²) in [5, 5.41) is -0.0723. The van der Waals surface area contributed by atoms with Crippen LogP contribution in [-0.4, -0.2) is 7.11 Å². The molecule has 0 spiro atoms. The van der Waals surface area contributed by atoms with Crippen molar-refractivity contribution in [1.82, 2.24) is 0 Å². The number of hydrogen-bond acceptors (Lipinski definition) is 1. The molecule has 2 rings (SSSR count). The fraction of sp³-hybridized carbons (Fsp3) is 0.200. The molecule has 0 fully saturated rings. The summed E-state index contributed by atoms with van der Waals surface area (Å²) in [4.78, 5) is 0. The molecule has 0 amide bonds. The first-order valence-corrected chi connectivity index (χ1v) is 6.95. The van der Waals surface area contributed by atoms with Gasteiger partial charge in [-0.3, -0.25) is 0 Å². The number of halogens is 2. The van der Waals surface area contributed by atoms with E-state index in [-0.39, 0.29) is 5.38 Å². The van der Waals surface area contributed by atoms with Crippen molar-refractivity contribution in [1.29, 1.82) is 0 Å². The summed E-state index contributed by atoms with van der Waals surface area (Å²) in [5.41, 5.74) is 2.28. The molecule has 0 aliphatic rings. The van der Waals surface area contributed by atoms with Crippen LogP contribution in [0.5, 0.6) is 5.75 Å². The highest BCUT2D eigenvalue weighted by Gasteiger charge is 2.13. The zero-order chi connectivity index (χ0) is 13.0. The maximum atomic E-state index is 6.49. The van der Waals surface area contributed by atoms with Crippen LogP contribution in [0.4, 0.5) is 0 Å². The number of ether oxygens (including phenoxy) is 1. The summed E-state index contributed by atoms with van der Waals surface area (Å²) in [6.45, 7) is 0. The van der Waals surface area contributed by atoms with Gasteiger partial charge >= 0.3 is 0 Å². The highest BCUT2D eigenvalue weighted by Crippen LogP contribution is 2.33. The lowest BCUT2D eigenvalue weighted by Gasteiger charge is -2.13. The van der Waals surface area contributed by atoms with Gasteiger partial charge in [0.2, 0.25) is 0 Å². The van der Waals surface area contributed by atoms with Crippen LogP contribution in [0.1, 0.15) is 16.5 Å². The topological polar surface area (TPSA) is 9.23 Å². The SMILES string of the molecule is COc1ccc(Br)c(C(Cl)Cc2ccccc2)c1. The average molecular weight is 326 g/mol. The molecule has 2 aromatic carbocycles. The molecule has 0 bridgehead atoms. The van der Waals surface area contributed by atoms with Crippen LogP contribution in [0.25, 0.3) is 0 Å². The van der Waals surface area contributed by atoms with E-state index in [0.29, 0.717) is 0 Å². The Morgan fingerprint density at radius 3 is 2.56 bits per heavy atom. The summed E-state index contributed by atoms with van der Waals surface area (Å²) < 4.78 is 6.24. The Bertz CT molecular complexity index is 513. The van der Waals surface area contributed by atoms with Crippen LogP contribution < -0.4 is 4.74 Å². The van der Waals surface area contributed by atoms with E-state index in [9.17, 15) is 0 Å². The third-order valence-corrected chi connectivity index (χ3v) is 3.91. The van der Waals surface area contributed by atoms with Crippen molar-refractivity contribution in [2.24, 2.45) is 0 Å². The summed E-state index contributed by atoms with van der Waals surface area (Å²) >= 11 is 10.0. The Labute approximate surface area is 121 Å². The normalized spacial score (nSPS) is 12.2. The van der Waals surface area contributed by atoms with Crippen LogP contribution in [0.3, 0.4) is 0 Å². The third kappa shape index (κ3) is 3.27. The van der Waals surface area contributed by atoms with E-state index in [2.05, 4.69) is 28.1 Å². The molecule has 18 heavy (non-hydrogen) atoms. The minimum Gasteiger partial charge on any atom is -0.497 e. The maximum absolute atomic E-state index is 6.49. The van der Waals surface area contributed by atoms with Crippen molar-refractivity contribution in [2.45, 2.75) is 11.8 Å². The van der Waals surface area contributed by atoms with Crippen molar-refractivity contribution in [2.75, 3.05) is 7.11 Å². The molecule has 0 aliphatic heterocycles. The first-order valence-electron chi connectivity index (χ1n) is 5.72. The molecular formula is C15H14BrClO. The van der Waals surface area contributed by atoms with E-state index < -0.39 is 0 Å². The second kappa shape index (κ2) is 6.26. The van der Waals surface area contributed by atoms with Crippen molar-refractivity contribution < 1.29 is 4.74 Å². The van der Waals surface area contributed by atoms with Gasteiger partial charge in [-0.05, 0) is 35.7 Å². The van der Waals surface area contributed by atoms with E-state index in [1.165, 1.54) is 5.56 Å². The van der Waals surface area contributed by atoms with Crippen LogP contribution in [0.2, 0.25) is 0 Å². The number of alkyl halides is 1. The van der Waals surface area contributed by atoms with Gasteiger partial charge in [0.05, 0.1) is 12.5 Å². The number of methoxy groups -OCH3 is 1. The van der Waals surface area contributed by atoms with Crippen molar-refractivity contribution >= 4 is 27.5 Å². The zero-order valence-electron chi connectivity index (χ0n) is 10.1. The van der Waals surface area contributed by atoms with Crippen molar-refractivity contribution in [3.8, 4) is 5.75 Å². The summed E-state index contributed by atoms with van der Waals surface area (Å²) in [6.07, 6.45) is 0.800. The second-order valence-electron chi connectivity index (χ2n) is 4.04. The molecule has 0 saturated carbocycles. The standard InChI is InChI=1S/C15H14BrClO/c1-18-12-7-8-14(16)13(10-12)15(17)9-11-5-3-2-4-6-11/h2-8,10,15H,9H2,1H3. The van der Waals surface area contributed by atoms with Gasteiger partial charge in [0.1, 0.15) is 5.75 Å². The predicted octanol–water partition coefficient (Wildman–Crippen LogP) is 4.98. The highest BCUT2D eigenvalue weighted by atomic mass is 79.9. The Kier molecular flexibility index (Phi) is 4.67. The Hall–Kier alpha value is -0.990. The Morgan fingerprint density at radius 2 is 1.89 bits per heavy atom. The smallest absolute Gasteiger partial charge is 0.119 e. The molecule has 3 heteroatoms. The van der Waals surface area contributed by atoms with Crippen molar-refractivity contribution in [3.63, 3.8) is 0 Å². The molecule has 0 N–H and O–H groups in total. The first-order chi connectivity index (χ1) is 8.70. The van der Waals surface area contributed by atoms with Gasteiger partial charge in [0, 0.05) is 4.47 Å². The Balaban J connectivity index is 2.20.